The molecule has 0 saturated carbocycles. The number of nitrogens with one attached hydrogen (secondary N) is 1. The molecule has 5 rings (SSSR count). The molecule has 0 fully saturated rings. The third-order valence-corrected chi connectivity index (χ3v) is 11.5. The molecule has 15 nitrogen and oxygen atoms in total. The van der Waals surface area contributed by atoms with Crippen LogP contribution in [0.1, 0.15) is 90.4 Å². The molecule has 0 radical (unpaired) electrons. The van der Waals surface area contributed by atoms with E-state index in [-0.39, 0.29) is 82.9 Å². The molecule has 3 aromatic carbocycles. The van der Waals surface area contributed by atoms with Gasteiger partial charge in [-0.15, -0.1) is 0 Å². The van der Waals surface area contributed by atoms with Crippen LogP contribution < -0.4 is 32.0 Å². The van der Waals surface area contributed by atoms with Gasteiger partial charge in [0, 0.05) is 74.3 Å². The minimum absolute atomic E-state index is 0.0306. The molecule has 0 aliphatic carbocycles. The van der Waals surface area contributed by atoms with E-state index in [2.05, 4.69) is 22.2 Å². The second kappa shape index (κ2) is 22.8. The number of aromatic nitrogens is 2. The molecule has 15 heteroatoms. The number of likely N-dealkylation sites (N-methyl/N-ethyl adjacent to an activating group) is 1. The van der Waals surface area contributed by atoms with E-state index in [1.165, 1.54) is 17.5 Å². The summed E-state index contributed by atoms with van der Waals surface area (Å²) in [6.07, 6.45) is 0.506. The van der Waals surface area contributed by atoms with Gasteiger partial charge in [-0.1, -0.05) is 50.2 Å². The van der Waals surface area contributed by atoms with Crippen LogP contribution in [0.4, 0.5) is 0 Å². The summed E-state index contributed by atoms with van der Waals surface area (Å²) >= 11 is 0. The van der Waals surface area contributed by atoms with Gasteiger partial charge in [0.25, 0.3) is 0 Å². The highest BCUT2D eigenvalue weighted by molar-refractivity contribution is 6.01. The van der Waals surface area contributed by atoms with Crippen molar-refractivity contribution in [1.29, 1.82) is 5.26 Å². The number of Topliss-reactive ketones (excluding diaryl/α,β-unsaturated/α-hetero) is 3. The first-order chi connectivity index (χ1) is 30.7. The van der Waals surface area contributed by atoms with Crippen LogP contribution in [0.2, 0.25) is 0 Å². The fourth-order valence-electron chi connectivity index (χ4n) is 8.11. The Morgan fingerprint density at radius 2 is 1.52 bits per heavy atom. The summed E-state index contributed by atoms with van der Waals surface area (Å²) in [5, 5.41) is 12.1. The van der Waals surface area contributed by atoms with Crippen molar-refractivity contribution < 1.29 is 33.4 Å². The second-order valence-corrected chi connectivity index (χ2v) is 16.2. The van der Waals surface area contributed by atoms with Crippen molar-refractivity contribution in [1.82, 2.24) is 20.2 Å². The van der Waals surface area contributed by atoms with Gasteiger partial charge < -0.3 is 36.9 Å². The number of benzene rings is 3. The number of hydrogen-bond donors (Lipinski definition) is 4. The lowest BCUT2D eigenvalue weighted by Gasteiger charge is -2.32. The maximum absolute atomic E-state index is 14.8. The smallest absolute Gasteiger partial charge is 0.226 e. The van der Waals surface area contributed by atoms with Crippen LogP contribution in [0.15, 0.2) is 60.7 Å². The largest absolute Gasteiger partial charge is 0.492 e. The first kappa shape index (κ1) is 48.7. The van der Waals surface area contributed by atoms with Crippen molar-refractivity contribution >= 4 is 29.2 Å². The van der Waals surface area contributed by atoms with Crippen LogP contribution in [-0.4, -0.2) is 90.0 Å². The summed E-state index contributed by atoms with van der Waals surface area (Å²) in [4.78, 5) is 81.6. The van der Waals surface area contributed by atoms with E-state index in [1.54, 1.807) is 51.1 Å². The highest BCUT2D eigenvalue weighted by Gasteiger charge is 2.36. The van der Waals surface area contributed by atoms with Crippen LogP contribution in [-0.2, 0) is 32.0 Å². The number of ether oxygens (including phenoxy) is 2. The zero-order chi connectivity index (χ0) is 46.5. The number of ketones is 3. The van der Waals surface area contributed by atoms with Crippen molar-refractivity contribution in [3.8, 4) is 40.1 Å². The number of amides is 2. The number of nitrogens with two attached hydrogens (primary N) is 3. The summed E-state index contributed by atoms with van der Waals surface area (Å²) < 4.78 is 12.2. The van der Waals surface area contributed by atoms with E-state index in [0.29, 0.717) is 56.5 Å². The summed E-state index contributed by atoms with van der Waals surface area (Å²) in [5.74, 6) is -2.66. The van der Waals surface area contributed by atoms with Gasteiger partial charge in [0.05, 0.1) is 29.1 Å². The Kier molecular flexibility index (Phi) is 17.4. The maximum atomic E-state index is 14.8. The minimum atomic E-state index is -1.24. The third-order valence-electron chi connectivity index (χ3n) is 11.5. The Balaban J connectivity index is 1.58. The normalized spacial score (nSPS) is 16.8. The number of fused-ring (bicyclic) bond motifs is 5. The van der Waals surface area contributed by atoms with Crippen LogP contribution >= 0.6 is 0 Å². The predicted octanol–water partition coefficient (Wildman–Crippen LogP) is 4.91. The molecule has 7 N–H and O–H groups in total. The van der Waals surface area contributed by atoms with Gasteiger partial charge in [-0.05, 0) is 80.6 Å². The molecule has 4 bridgehead atoms. The SMILES string of the molecule is CCc1ccc(-c2nc(C)c(C(=O)C[C@@H](CCN)C(=O)N(C)[C@@H]3C(=O)C[C@@H](C)C(=O)N[C@H](C(=O)CCC#N)Cc4ccc(OCCN)c(c4)-c4cc3ccc4OCCN)c(C)n2)cc1. The molecule has 4 aromatic rings. The van der Waals surface area contributed by atoms with Gasteiger partial charge in [0.15, 0.2) is 23.2 Å². The number of carbonyl (C=O) groups excluding carboxylic acids is 5. The van der Waals surface area contributed by atoms with Gasteiger partial charge in [-0.25, -0.2) is 9.97 Å². The summed E-state index contributed by atoms with van der Waals surface area (Å²) in [6.45, 7) is 8.01. The molecule has 1 aliphatic rings. The standard InChI is InChI=1S/C49H60N8O7/c1-6-32-9-12-34(13-10-32)47-54-30(3)45(31(4)55-47)41(59)28-36(17-19-51)49(62)57(5)46-35-14-16-44(64-23-21-53)38(27-35)37-25-33(11-15-43(37)63-22-20-52)26-39(40(58)8-7-18-50)56-48(61)29(2)24-42(46)60/h9-16,25,27,29,36,39,46H,6-8,17,19-24,26,28,51-53H2,1-5H3,(H,56,61)/t29-,36-,39+,46+/m1/s1. The molecular formula is C49H60N8O7. The van der Waals surface area contributed by atoms with Gasteiger partial charge in [-0.2, -0.15) is 5.26 Å². The average molecular weight is 873 g/mol. The Labute approximate surface area is 375 Å². The van der Waals surface area contributed by atoms with E-state index in [1.807, 2.05) is 36.4 Å². The Morgan fingerprint density at radius 1 is 0.891 bits per heavy atom. The number of hydrogen-bond acceptors (Lipinski definition) is 13. The monoisotopic (exact) mass is 872 g/mol. The fraction of sp³-hybridized carbons (Fsp3) is 0.429. The van der Waals surface area contributed by atoms with Crippen molar-refractivity contribution in [3.63, 3.8) is 0 Å². The highest BCUT2D eigenvalue weighted by Crippen LogP contribution is 2.41. The molecule has 2 heterocycles. The van der Waals surface area contributed by atoms with Crippen molar-refractivity contribution in [2.45, 2.75) is 84.7 Å². The van der Waals surface area contributed by atoms with E-state index in [4.69, 9.17) is 26.7 Å². The molecule has 338 valence electrons. The topological polar surface area (TPSA) is 247 Å². The van der Waals surface area contributed by atoms with Crippen LogP contribution in [0.25, 0.3) is 22.5 Å². The van der Waals surface area contributed by atoms with Crippen LogP contribution in [0, 0.1) is 37.0 Å². The number of carbonyl (C=O) groups is 5. The van der Waals surface area contributed by atoms with Gasteiger partial charge in [0.2, 0.25) is 11.8 Å². The maximum Gasteiger partial charge on any atom is 0.226 e. The molecule has 0 unspecified atom stereocenters. The second-order valence-electron chi connectivity index (χ2n) is 16.2. The number of nitriles is 1. The first-order valence-corrected chi connectivity index (χ1v) is 21.8. The quantitative estimate of drug-likeness (QED) is 0.0972. The van der Waals surface area contributed by atoms with Crippen LogP contribution in [0.3, 0.4) is 0 Å². The molecule has 2 amide bonds. The van der Waals surface area contributed by atoms with E-state index in [9.17, 15) is 29.2 Å². The number of nitrogens with zero attached hydrogens (tertiary/aromatic N) is 4. The lowest BCUT2D eigenvalue weighted by atomic mass is 9.88. The summed E-state index contributed by atoms with van der Waals surface area (Å²) in [7, 11) is 1.50. The third kappa shape index (κ3) is 11.8. The molecule has 1 aliphatic heterocycles. The van der Waals surface area contributed by atoms with E-state index >= 15 is 0 Å². The minimum Gasteiger partial charge on any atom is -0.492 e. The summed E-state index contributed by atoms with van der Waals surface area (Å²) in [5.41, 5.74) is 23.2. The average Bonchev–Trinajstić information content (AvgIpc) is 3.28. The predicted molar refractivity (Wildman–Crippen MR) is 243 cm³/mol. The molecule has 4 atom stereocenters. The Morgan fingerprint density at radius 3 is 2.11 bits per heavy atom. The molecular weight excluding hydrogens is 813 g/mol. The van der Waals surface area contributed by atoms with Crippen molar-refractivity contribution in [2.75, 3.05) is 39.9 Å². The lowest BCUT2D eigenvalue weighted by Crippen LogP contribution is -2.46. The number of rotatable bonds is 18. The highest BCUT2D eigenvalue weighted by atomic mass is 16.5. The fourth-order valence-corrected chi connectivity index (χ4v) is 8.11. The number of aryl methyl sites for hydroxylation is 3. The molecule has 0 spiro atoms. The van der Waals surface area contributed by atoms with E-state index in [0.717, 1.165) is 12.0 Å². The van der Waals surface area contributed by atoms with Crippen molar-refractivity contribution in [2.24, 2.45) is 29.0 Å². The molecule has 64 heavy (non-hydrogen) atoms. The summed E-state index contributed by atoms with van der Waals surface area (Å²) in [6, 6.07) is 18.2. The van der Waals surface area contributed by atoms with Gasteiger partial charge in [0.1, 0.15) is 30.8 Å². The molecule has 0 saturated heterocycles. The van der Waals surface area contributed by atoms with Crippen molar-refractivity contribution in [3.05, 3.63) is 94.3 Å². The van der Waals surface area contributed by atoms with E-state index < -0.39 is 41.5 Å². The Bertz CT molecular complexity index is 2350. The van der Waals surface area contributed by atoms with Gasteiger partial charge in [-0.3, -0.25) is 24.0 Å². The van der Waals surface area contributed by atoms with Gasteiger partial charge >= 0.3 is 0 Å². The Hall–Kier alpha value is -6.34. The zero-order valence-electron chi connectivity index (χ0n) is 37.4. The lowest BCUT2D eigenvalue weighted by molar-refractivity contribution is -0.142. The zero-order valence-corrected chi connectivity index (χ0v) is 37.4. The van der Waals surface area contributed by atoms with Crippen LogP contribution in [0.5, 0.6) is 11.5 Å². The first-order valence-electron chi connectivity index (χ1n) is 21.8. The molecule has 1 aromatic heterocycles.